The smallest absolute Gasteiger partial charge is 0.322 e. The van der Waals surface area contributed by atoms with Crippen LogP contribution in [0.15, 0.2) is 48.5 Å². The van der Waals surface area contributed by atoms with Gasteiger partial charge in [-0.05, 0) is 77.3 Å². The number of rotatable bonds is 12. The number of urea groups is 1. The van der Waals surface area contributed by atoms with E-state index in [0.717, 1.165) is 49.5 Å². The van der Waals surface area contributed by atoms with Crippen molar-refractivity contribution in [3.63, 3.8) is 0 Å². The molecule has 0 aromatic heterocycles. The molecular formula is C26H40N3O2+. The van der Waals surface area contributed by atoms with Gasteiger partial charge in [0, 0.05) is 18.3 Å². The zero-order valence-electron chi connectivity index (χ0n) is 19.9. The highest BCUT2D eigenvalue weighted by Crippen LogP contribution is 2.18. The number of nitrogens with zero attached hydrogens (tertiary/aromatic N) is 1. The summed E-state index contributed by atoms with van der Waals surface area (Å²) >= 11 is 0. The predicted octanol–water partition coefficient (Wildman–Crippen LogP) is 4.52. The van der Waals surface area contributed by atoms with Gasteiger partial charge in [-0.1, -0.05) is 29.8 Å². The molecule has 0 fully saturated rings. The summed E-state index contributed by atoms with van der Waals surface area (Å²) in [5, 5.41) is 3.08. The first-order valence-electron chi connectivity index (χ1n) is 11.7. The molecule has 2 aromatic carbocycles. The SMILES string of the molecule is CCOc1ccc(CN(C(=O)Nc2ccc(C)cc2)[C@H](C)CCC[NH+](CC)CC)cc1. The van der Waals surface area contributed by atoms with Crippen LogP contribution in [-0.4, -0.2) is 43.2 Å². The van der Waals surface area contributed by atoms with E-state index >= 15 is 0 Å². The van der Waals surface area contributed by atoms with E-state index in [1.807, 2.05) is 67.3 Å². The topological polar surface area (TPSA) is 46.0 Å². The van der Waals surface area contributed by atoms with Crippen molar-refractivity contribution in [3.05, 3.63) is 59.7 Å². The number of ether oxygens (including phenoxy) is 1. The number of hydrogen-bond acceptors (Lipinski definition) is 2. The van der Waals surface area contributed by atoms with Gasteiger partial charge in [-0.2, -0.15) is 0 Å². The number of amides is 2. The Bertz CT molecular complexity index is 770. The van der Waals surface area contributed by atoms with Crippen molar-refractivity contribution in [2.24, 2.45) is 0 Å². The summed E-state index contributed by atoms with van der Waals surface area (Å²) in [5.41, 5.74) is 3.10. The lowest BCUT2D eigenvalue weighted by Gasteiger charge is -2.30. The van der Waals surface area contributed by atoms with Gasteiger partial charge in [0.1, 0.15) is 5.75 Å². The molecule has 0 unspecified atom stereocenters. The summed E-state index contributed by atoms with van der Waals surface area (Å²) in [6.45, 7) is 15.3. The average Bonchev–Trinajstić information content (AvgIpc) is 2.77. The maximum Gasteiger partial charge on any atom is 0.322 e. The van der Waals surface area contributed by atoms with Crippen LogP contribution in [0, 0.1) is 6.92 Å². The van der Waals surface area contributed by atoms with Gasteiger partial charge in [0.25, 0.3) is 0 Å². The van der Waals surface area contributed by atoms with Crippen LogP contribution in [0.2, 0.25) is 0 Å². The average molecular weight is 427 g/mol. The quantitative estimate of drug-likeness (QED) is 0.524. The number of nitrogens with one attached hydrogen (secondary N) is 2. The Balaban J connectivity index is 2.09. The van der Waals surface area contributed by atoms with Crippen molar-refractivity contribution >= 4 is 11.7 Å². The summed E-state index contributed by atoms with van der Waals surface area (Å²) in [7, 11) is 0. The first-order valence-corrected chi connectivity index (χ1v) is 11.7. The molecular weight excluding hydrogens is 386 g/mol. The Kier molecular flexibility index (Phi) is 10.4. The Morgan fingerprint density at radius 1 is 1.03 bits per heavy atom. The van der Waals surface area contributed by atoms with Crippen LogP contribution in [0.3, 0.4) is 0 Å². The molecule has 0 radical (unpaired) electrons. The summed E-state index contributed by atoms with van der Waals surface area (Å²) < 4.78 is 5.55. The molecule has 2 aromatic rings. The molecule has 0 aliphatic carbocycles. The van der Waals surface area contributed by atoms with Crippen molar-refractivity contribution in [1.29, 1.82) is 0 Å². The van der Waals surface area contributed by atoms with Crippen LogP contribution in [0.25, 0.3) is 0 Å². The van der Waals surface area contributed by atoms with E-state index in [-0.39, 0.29) is 12.1 Å². The molecule has 2 amide bonds. The maximum atomic E-state index is 13.2. The van der Waals surface area contributed by atoms with E-state index in [4.69, 9.17) is 4.74 Å². The highest BCUT2D eigenvalue weighted by Gasteiger charge is 2.21. The zero-order valence-corrected chi connectivity index (χ0v) is 19.9. The van der Waals surface area contributed by atoms with Crippen LogP contribution in [0.5, 0.6) is 5.75 Å². The van der Waals surface area contributed by atoms with Gasteiger partial charge in [-0.3, -0.25) is 0 Å². The predicted molar refractivity (Wildman–Crippen MR) is 129 cm³/mol. The van der Waals surface area contributed by atoms with Crippen LogP contribution in [-0.2, 0) is 6.54 Å². The fourth-order valence-electron chi connectivity index (χ4n) is 3.72. The van der Waals surface area contributed by atoms with Gasteiger partial charge >= 0.3 is 6.03 Å². The Morgan fingerprint density at radius 2 is 1.68 bits per heavy atom. The highest BCUT2D eigenvalue weighted by molar-refractivity contribution is 5.89. The molecule has 0 aliphatic heterocycles. The van der Waals surface area contributed by atoms with Crippen molar-refractivity contribution in [2.75, 3.05) is 31.6 Å². The van der Waals surface area contributed by atoms with Crippen LogP contribution < -0.4 is 15.0 Å². The second-order valence-corrected chi connectivity index (χ2v) is 8.20. The highest BCUT2D eigenvalue weighted by atomic mass is 16.5. The number of aryl methyl sites for hydroxylation is 1. The largest absolute Gasteiger partial charge is 0.494 e. The third-order valence-electron chi connectivity index (χ3n) is 5.84. The number of carbonyl (C=O) groups is 1. The van der Waals surface area contributed by atoms with E-state index in [2.05, 4.69) is 26.1 Å². The third kappa shape index (κ3) is 8.25. The van der Waals surface area contributed by atoms with Crippen LogP contribution >= 0.6 is 0 Å². The van der Waals surface area contributed by atoms with Crippen LogP contribution in [0.4, 0.5) is 10.5 Å². The Morgan fingerprint density at radius 3 is 2.26 bits per heavy atom. The molecule has 31 heavy (non-hydrogen) atoms. The minimum Gasteiger partial charge on any atom is -0.494 e. The first kappa shape index (κ1) is 24.7. The number of carbonyl (C=O) groups excluding carboxylic acids is 1. The van der Waals surface area contributed by atoms with Crippen molar-refractivity contribution in [2.45, 2.75) is 60.0 Å². The number of quaternary nitrogens is 1. The maximum absolute atomic E-state index is 13.2. The van der Waals surface area contributed by atoms with Gasteiger partial charge in [0.05, 0.1) is 26.2 Å². The molecule has 0 bridgehead atoms. The van der Waals surface area contributed by atoms with Gasteiger partial charge < -0.3 is 19.9 Å². The van der Waals surface area contributed by atoms with Gasteiger partial charge in [0.2, 0.25) is 0 Å². The normalized spacial score (nSPS) is 11.9. The van der Waals surface area contributed by atoms with E-state index in [9.17, 15) is 4.79 Å². The molecule has 0 aliphatic rings. The molecule has 0 heterocycles. The molecule has 1 atom stereocenters. The Labute approximate surface area is 188 Å². The molecule has 5 nitrogen and oxygen atoms in total. The van der Waals surface area contributed by atoms with Gasteiger partial charge in [-0.25, -0.2) is 4.79 Å². The van der Waals surface area contributed by atoms with Gasteiger partial charge in [0.15, 0.2) is 0 Å². The lowest BCUT2D eigenvalue weighted by molar-refractivity contribution is -0.896. The summed E-state index contributed by atoms with van der Waals surface area (Å²) in [6, 6.07) is 16.1. The summed E-state index contributed by atoms with van der Waals surface area (Å²) in [6.07, 6.45) is 2.09. The number of benzene rings is 2. The molecule has 0 spiro atoms. The standard InChI is InChI=1S/C26H39N3O2/c1-6-28(7-2)19-9-10-22(5)29(20-23-13-17-25(18-14-23)31-8-3)26(30)27-24-15-11-21(4)12-16-24/h11-18,22H,6-10,19-20H2,1-5H3,(H,27,30)/p+1/t22-/m1/s1. The van der Waals surface area contributed by atoms with Crippen molar-refractivity contribution in [3.8, 4) is 5.75 Å². The van der Waals surface area contributed by atoms with Gasteiger partial charge in [-0.15, -0.1) is 0 Å². The first-order chi connectivity index (χ1) is 15.0. The molecule has 0 saturated heterocycles. The van der Waals surface area contributed by atoms with Crippen molar-refractivity contribution < 1.29 is 14.4 Å². The van der Waals surface area contributed by atoms with Crippen LogP contribution in [0.1, 0.15) is 51.7 Å². The second-order valence-electron chi connectivity index (χ2n) is 8.20. The molecule has 2 rings (SSSR count). The van der Waals surface area contributed by atoms with E-state index in [1.165, 1.54) is 5.56 Å². The summed E-state index contributed by atoms with van der Waals surface area (Å²) in [4.78, 5) is 16.8. The minimum atomic E-state index is -0.0552. The number of anilines is 1. The minimum absolute atomic E-state index is 0.0552. The van der Waals surface area contributed by atoms with E-state index in [1.54, 1.807) is 4.90 Å². The molecule has 170 valence electrons. The lowest BCUT2D eigenvalue weighted by Crippen LogP contribution is -3.11. The fraction of sp³-hybridized carbons (Fsp3) is 0.500. The lowest BCUT2D eigenvalue weighted by atomic mass is 10.1. The number of hydrogen-bond donors (Lipinski definition) is 2. The molecule has 5 heteroatoms. The van der Waals surface area contributed by atoms with Crippen molar-refractivity contribution in [1.82, 2.24) is 4.90 Å². The van der Waals surface area contributed by atoms with E-state index < -0.39 is 0 Å². The second kappa shape index (κ2) is 13.0. The van der Waals surface area contributed by atoms with E-state index in [0.29, 0.717) is 13.2 Å². The molecule has 2 N–H and O–H groups in total. The molecule has 0 saturated carbocycles. The summed E-state index contributed by atoms with van der Waals surface area (Å²) in [5.74, 6) is 0.858. The zero-order chi connectivity index (χ0) is 22.6. The third-order valence-corrected chi connectivity index (χ3v) is 5.84. The fourth-order valence-corrected chi connectivity index (χ4v) is 3.72. The Hall–Kier alpha value is -2.53. The monoisotopic (exact) mass is 426 g/mol.